The monoisotopic (exact) mass is 372 g/mol. The number of benzene rings is 2. The lowest BCUT2D eigenvalue weighted by molar-refractivity contribution is -0.385. The third-order valence-electron chi connectivity index (χ3n) is 4.01. The molecule has 1 aliphatic heterocycles. The molecule has 0 aromatic heterocycles. The van der Waals surface area contributed by atoms with Crippen molar-refractivity contribution in [1.82, 2.24) is 0 Å². The number of hydrogen-bond donors (Lipinski definition) is 1. The fourth-order valence-corrected chi connectivity index (χ4v) is 2.54. The molecule has 0 bridgehead atoms. The molecule has 1 N–H and O–H groups in total. The molecule has 0 saturated heterocycles. The van der Waals surface area contributed by atoms with Gasteiger partial charge in [-0.05, 0) is 32.0 Å². The molecule has 27 heavy (non-hydrogen) atoms. The Morgan fingerprint density at radius 1 is 1.22 bits per heavy atom. The Labute approximate surface area is 154 Å². The van der Waals surface area contributed by atoms with Gasteiger partial charge in [-0.3, -0.25) is 14.9 Å². The lowest BCUT2D eigenvalue weighted by Gasteiger charge is -2.14. The summed E-state index contributed by atoms with van der Waals surface area (Å²) in [4.78, 5) is 35.0. The van der Waals surface area contributed by atoms with Crippen LogP contribution in [0.3, 0.4) is 0 Å². The minimum absolute atomic E-state index is 0.0342. The minimum atomic E-state index is -1.11. The summed E-state index contributed by atoms with van der Waals surface area (Å²) in [6.07, 6.45) is -1.11. The van der Waals surface area contributed by atoms with Crippen LogP contribution in [0, 0.1) is 17.0 Å². The Morgan fingerprint density at radius 3 is 2.70 bits per heavy atom. The largest absolute Gasteiger partial charge is 0.454 e. The van der Waals surface area contributed by atoms with E-state index in [2.05, 4.69) is 5.32 Å². The maximum atomic E-state index is 12.3. The summed E-state index contributed by atoms with van der Waals surface area (Å²) in [5, 5.41) is 13.6. The number of carbonyl (C=O) groups excluding carboxylic acids is 2. The predicted octanol–water partition coefficient (Wildman–Crippen LogP) is 2.82. The SMILES string of the molecule is Cc1c(C(=O)OC(C)C(=O)Nc2ccc3c(c2)OCO3)cccc1[N+](=O)[O-]. The minimum Gasteiger partial charge on any atom is -0.454 e. The first-order valence-corrected chi connectivity index (χ1v) is 8.02. The van der Waals surface area contributed by atoms with E-state index < -0.39 is 22.9 Å². The Bertz CT molecular complexity index is 926. The fraction of sp³-hybridized carbons (Fsp3) is 0.222. The molecule has 0 radical (unpaired) electrons. The van der Waals surface area contributed by atoms with Crippen molar-refractivity contribution in [3.05, 3.63) is 57.6 Å². The standard InChI is InChI=1S/C18H16N2O7/c1-10-13(4-3-5-14(10)20(23)24)18(22)27-11(2)17(21)19-12-6-7-15-16(8-12)26-9-25-15/h3-8,11H,9H2,1-2H3,(H,19,21). The van der Waals surface area contributed by atoms with Gasteiger partial charge in [0.05, 0.1) is 10.5 Å². The molecule has 140 valence electrons. The number of fused-ring (bicyclic) bond motifs is 1. The molecule has 3 rings (SSSR count). The molecule has 2 aromatic carbocycles. The van der Waals surface area contributed by atoms with Gasteiger partial charge in [-0.15, -0.1) is 0 Å². The zero-order chi connectivity index (χ0) is 19.6. The number of esters is 1. The molecule has 2 aromatic rings. The molecule has 1 atom stereocenters. The van der Waals surface area contributed by atoms with Crippen molar-refractivity contribution in [1.29, 1.82) is 0 Å². The summed E-state index contributed by atoms with van der Waals surface area (Å²) in [5.41, 5.74) is 0.475. The summed E-state index contributed by atoms with van der Waals surface area (Å²) < 4.78 is 15.6. The lowest BCUT2D eigenvalue weighted by Crippen LogP contribution is -2.30. The van der Waals surface area contributed by atoms with E-state index in [4.69, 9.17) is 14.2 Å². The van der Waals surface area contributed by atoms with E-state index in [0.29, 0.717) is 17.2 Å². The molecule has 1 heterocycles. The molecule has 0 aliphatic carbocycles. The van der Waals surface area contributed by atoms with Gasteiger partial charge < -0.3 is 19.5 Å². The third-order valence-corrected chi connectivity index (χ3v) is 4.01. The fourth-order valence-electron chi connectivity index (χ4n) is 2.54. The Hall–Kier alpha value is -3.62. The number of nitrogens with one attached hydrogen (secondary N) is 1. The van der Waals surface area contributed by atoms with Crippen molar-refractivity contribution in [3.8, 4) is 11.5 Å². The number of amides is 1. The van der Waals surface area contributed by atoms with Crippen molar-refractivity contribution in [2.75, 3.05) is 12.1 Å². The zero-order valence-electron chi connectivity index (χ0n) is 14.6. The molecule has 0 spiro atoms. The van der Waals surface area contributed by atoms with Crippen molar-refractivity contribution < 1.29 is 28.7 Å². The Kier molecular flexibility index (Phi) is 4.93. The first-order chi connectivity index (χ1) is 12.9. The highest BCUT2D eigenvalue weighted by Gasteiger charge is 2.24. The molecule has 0 saturated carbocycles. The van der Waals surface area contributed by atoms with E-state index in [9.17, 15) is 19.7 Å². The van der Waals surface area contributed by atoms with Gasteiger partial charge >= 0.3 is 5.97 Å². The predicted molar refractivity (Wildman–Crippen MR) is 93.9 cm³/mol. The van der Waals surface area contributed by atoms with Crippen LogP contribution in [-0.2, 0) is 9.53 Å². The summed E-state index contributed by atoms with van der Waals surface area (Å²) in [5.74, 6) is -0.284. The Morgan fingerprint density at radius 2 is 1.96 bits per heavy atom. The van der Waals surface area contributed by atoms with Gasteiger partial charge in [-0.2, -0.15) is 0 Å². The first-order valence-electron chi connectivity index (χ1n) is 8.02. The van der Waals surface area contributed by atoms with Crippen LogP contribution in [0.4, 0.5) is 11.4 Å². The summed E-state index contributed by atoms with van der Waals surface area (Å²) in [6, 6.07) is 8.97. The van der Waals surface area contributed by atoms with E-state index in [0.717, 1.165) is 0 Å². The van der Waals surface area contributed by atoms with Gasteiger partial charge in [-0.1, -0.05) is 6.07 Å². The van der Waals surface area contributed by atoms with Crippen molar-refractivity contribution in [2.45, 2.75) is 20.0 Å². The smallest absolute Gasteiger partial charge is 0.339 e. The molecule has 1 unspecified atom stereocenters. The van der Waals surface area contributed by atoms with Crippen LogP contribution < -0.4 is 14.8 Å². The van der Waals surface area contributed by atoms with E-state index in [1.54, 1.807) is 18.2 Å². The second-order valence-electron chi connectivity index (χ2n) is 5.81. The van der Waals surface area contributed by atoms with E-state index in [-0.39, 0.29) is 23.6 Å². The summed E-state index contributed by atoms with van der Waals surface area (Å²) >= 11 is 0. The summed E-state index contributed by atoms with van der Waals surface area (Å²) in [7, 11) is 0. The van der Waals surface area contributed by atoms with Crippen LogP contribution in [0.1, 0.15) is 22.8 Å². The van der Waals surface area contributed by atoms with Gasteiger partial charge in [0.1, 0.15) is 0 Å². The first kappa shape index (κ1) is 18.2. The Balaban J connectivity index is 1.67. The molecular weight excluding hydrogens is 356 g/mol. The number of carbonyl (C=O) groups is 2. The zero-order valence-corrected chi connectivity index (χ0v) is 14.6. The molecule has 0 fully saturated rings. The molecule has 1 amide bonds. The molecule has 9 nitrogen and oxygen atoms in total. The third kappa shape index (κ3) is 3.81. The number of anilines is 1. The highest BCUT2D eigenvalue weighted by Crippen LogP contribution is 2.34. The molecular formula is C18H16N2O7. The van der Waals surface area contributed by atoms with Gasteiger partial charge in [0, 0.05) is 23.4 Å². The lowest BCUT2D eigenvalue weighted by atomic mass is 10.1. The van der Waals surface area contributed by atoms with Crippen molar-refractivity contribution in [2.24, 2.45) is 0 Å². The quantitative estimate of drug-likeness (QED) is 0.487. The molecule has 1 aliphatic rings. The average Bonchev–Trinajstić information content (AvgIpc) is 3.09. The maximum absolute atomic E-state index is 12.3. The number of hydrogen-bond acceptors (Lipinski definition) is 7. The number of nitro benzene ring substituents is 1. The van der Waals surface area contributed by atoms with Gasteiger partial charge in [-0.25, -0.2) is 4.79 Å². The van der Waals surface area contributed by atoms with Crippen molar-refractivity contribution in [3.63, 3.8) is 0 Å². The number of ether oxygens (including phenoxy) is 3. The topological polar surface area (TPSA) is 117 Å². The van der Waals surface area contributed by atoms with Crippen LogP contribution in [0.15, 0.2) is 36.4 Å². The number of nitro groups is 1. The molecule has 9 heteroatoms. The van der Waals surface area contributed by atoms with Gasteiger partial charge in [0.15, 0.2) is 17.6 Å². The number of nitrogens with zero attached hydrogens (tertiary/aromatic N) is 1. The summed E-state index contributed by atoms with van der Waals surface area (Å²) in [6.45, 7) is 2.97. The normalized spacial score (nSPS) is 13.0. The highest BCUT2D eigenvalue weighted by atomic mass is 16.7. The van der Waals surface area contributed by atoms with Gasteiger partial charge in [0.25, 0.3) is 11.6 Å². The second kappa shape index (κ2) is 7.32. The van der Waals surface area contributed by atoms with Gasteiger partial charge in [0.2, 0.25) is 6.79 Å². The van der Waals surface area contributed by atoms with E-state index >= 15 is 0 Å². The van der Waals surface area contributed by atoms with Crippen LogP contribution in [0.25, 0.3) is 0 Å². The average molecular weight is 372 g/mol. The van der Waals surface area contributed by atoms with Crippen molar-refractivity contribution >= 4 is 23.3 Å². The van der Waals surface area contributed by atoms with E-state index in [1.807, 2.05) is 0 Å². The van der Waals surface area contributed by atoms with Crippen LogP contribution >= 0.6 is 0 Å². The highest BCUT2D eigenvalue weighted by molar-refractivity contribution is 5.98. The number of rotatable bonds is 5. The van der Waals surface area contributed by atoms with Crippen LogP contribution in [0.5, 0.6) is 11.5 Å². The second-order valence-corrected chi connectivity index (χ2v) is 5.81. The van der Waals surface area contributed by atoms with Crippen LogP contribution in [0.2, 0.25) is 0 Å². The van der Waals surface area contributed by atoms with Crippen LogP contribution in [-0.4, -0.2) is 29.7 Å². The maximum Gasteiger partial charge on any atom is 0.339 e. The van der Waals surface area contributed by atoms with E-state index in [1.165, 1.54) is 32.0 Å².